The molecule has 0 amide bonds. The van der Waals surface area contributed by atoms with E-state index in [2.05, 4.69) is 53.2 Å². The number of rotatable bonds is 5. The molecule has 4 atom stereocenters. The lowest BCUT2D eigenvalue weighted by molar-refractivity contribution is 0.138. The van der Waals surface area contributed by atoms with E-state index in [9.17, 15) is 0 Å². The van der Waals surface area contributed by atoms with Crippen molar-refractivity contribution in [2.45, 2.75) is 94.8 Å². The summed E-state index contributed by atoms with van der Waals surface area (Å²) in [6, 6.07) is 12.0. The van der Waals surface area contributed by atoms with Gasteiger partial charge in [0.2, 0.25) is 0 Å². The molecular weight excluding hydrogens is 434 g/mol. The Labute approximate surface area is 209 Å². The maximum absolute atomic E-state index is 6.42. The first-order valence-corrected chi connectivity index (χ1v) is 14.0. The molecule has 4 aliphatic heterocycles. The number of benzene rings is 1. The van der Waals surface area contributed by atoms with Crippen LogP contribution in [0.5, 0.6) is 6.01 Å². The second-order valence-electron chi connectivity index (χ2n) is 12.0. The van der Waals surface area contributed by atoms with Crippen molar-refractivity contribution < 1.29 is 4.74 Å². The minimum absolute atomic E-state index is 0.234. The SMILES string of the molecule is CC(C)N1CCC[C@H]1COc1nc2c(c(N3CC4CC(C3)N4)n1)CCC1(CCc3ccccc31)C2. The number of nitrogens with one attached hydrogen (secondary N) is 1. The van der Waals surface area contributed by atoms with Crippen LogP contribution in [0, 0.1) is 0 Å². The van der Waals surface area contributed by atoms with Crippen LogP contribution in [-0.2, 0) is 24.7 Å². The minimum atomic E-state index is 0.234. The molecule has 1 aromatic carbocycles. The molecule has 2 aromatic rings. The topological polar surface area (TPSA) is 53.5 Å². The molecule has 4 fully saturated rings. The molecule has 6 heteroatoms. The monoisotopic (exact) mass is 473 g/mol. The van der Waals surface area contributed by atoms with Gasteiger partial charge in [-0.05, 0) is 82.9 Å². The van der Waals surface area contributed by atoms with E-state index >= 15 is 0 Å². The summed E-state index contributed by atoms with van der Waals surface area (Å²) in [4.78, 5) is 15.3. The van der Waals surface area contributed by atoms with Gasteiger partial charge in [-0.25, -0.2) is 0 Å². The van der Waals surface area contributed by atoms with Crippen molar-refractivity contribution in [1.29, 1.82) is 0 Å². The third kappa shape index (κ3) is 3.75. The summed E-state index contributed by atoms with van der Waals surface area (Å²) < 4.78 is 6.42. The zero-order chi connectivity index (χ0) is 23.6. The van der Waals surface area contributed by atoms with Crippen molar-refractivity contribution in [2.24, 2.45) is 0 Å². The van der Waals surface area contributed by atoms with Crippen LogP contribution in [0.15, 0.2) is 24.3 Å². The van der Waals surface area contributed by atoms with Gasteiger partial charge in [-0.3, -0.25) is 4.90 Å². The van der Waals surface area contributed by atoms with Gasteiger partial charge in [0, 0.05) is 48.2 Å². The molecule has 4 saturated heterocycles. The number of anilines is 1. The molecule has 35 heavy (non-hydrogen) atoms. The minimum Gasteiger partial charge on any atom is -0.462 e. The van der Waals surface area contributed by atoms with Gasteiger partial charge < -0.3 is 15.0 Å². The third-order valence-electron chi connectivity index (χ3n) is 9.58. The first kappa shape index (κ1) is 22.1. The summed E-state index contributed by atoms with van der Waals surface area (Å²) in [5, 5.41) is 3.68. The molecule has 0 radical (unpaired) electrons. The molecule has 6 nitrogen and oxygen atoms in total. The van der Waals surface area contributed by atoms with E-state index in [1.54, 1.807) is 11.1 Å². The Hall–Kier alpha value is -2.18. The average molecular weight is 474 g/mol. The van der Waals surface area contributed by atoms with E-state index in [-0.39, 0.29) is 5.41 Å². The summed E-state index contributed by atoms with van der Waals surface area (Å²) in [5.74, 6) is 1.16. The first-order chi connectivity index (χ1) is 17.1. The van der Waals surface area contributed by atoms with Crippen molar-refractivity contribution in [3.05, 3.63) is 46.6 Å². The number of ether oxygens (including phenoxy) is 1. The van der Waals surface area contributed by atoms with Gasteiger partial charge >= 0.3 is 6.01 Å². The van der Waals surface area contributed by atoms with E-state index in [0.717, 1.165) is 31.7 Å². The second-order valence-corrected chi connectivity index (χ2v) is 12.0. The Morgan fingerprint density at radius 3 is 2.74 bits per heavy atom. The van der Waals surface area contributed by atoms with Crippen molar-refractivity contribution in [3.63, 3.8) is 0 Å². The van der Waals surface area contributed by atoms with Crippen LogP contribution in [0.4, 0.5) is 5.82 Å². The molecule has 1 aromatic heterocycles. The zero-order valence-corrected chi connectivity index (χ0v) is 21.3. The fourth-order valence-corrected chi connectivity index (χ4v) is 7.78. The molecule has 5 heterocycles. The summed E-state index contributed by atoms with van der Waals surface area (Å²) in [7, 11) is 0. The van der Waals surface area contributed by atoms with Crippen molar-refractivity contribution >= 4 is 5.82 Å². The molecule has 3 unspecified atom stereocenters. The maximum atomic E-state index is 6.42. The van der Waals surface area contributed by atoms with Gasteiger partial charge in [0.05, 0.1) is 5.69 Å². The quantitative estimate of drug-likeness (QED) is 0.716. The Kier molecular flexibility index (Phi) is 5.32. The van der Waals surface area contributed by atoms with Crippen LogP contribution < -0.4 is 15.0 Å². The van der Waals surface area contributed by atoms with Gasteiger partial charge in [0.1, 0.15) is 12.4 Å². The van der Waals surface area contributed by atoms with Crippen molar-refractivity contribution in [1.82, 2.24) is 20.2 Å². The van der Waals surface area contributed by atoms with Gasteiger partial charge in [0.15, 0.2) is 0 Å². The molecule has 1 spiro atoms. The predicted molar refractivity (Wildman–Crippen MR) is 138 cm³/mol. The highest BCUT2D eigenvalue weighted by molar-refractivity contribution is 5.55. The van der Waals surface area contributed by atoms with Gasteiger partial charge in [-0.15, -0.1) is 0 Å². The van der Waals surface area contributed by atoms with E-state index < -0.39 is 0 Å². The smallest absolute Gasteiger partial charge is 0.318 e. The highest BCUT2D eigenvalue weighted by atomic mass is 16.5. The molecule has 186 valence electrons. The fraction of sp³-hybridized carbons (Fsp3) is 0.655. The van der Waals surface area contributed by atoms with Gasteiger partial charge in [0.25, 0.3) is 0 Å². The van der Waals surface area contributed by atoms with E-state index in [4.69, 9.17) is 14.7 Å². The highest BCUT2D eigenvalue weighted by Crippen LogP contribution is 2.48. The molecule has 8 rings (SSSR count). The lowest BCUT2D eigenvalue weighted by atomic mass is 9.69. The molecular formula is C29H39N5O. The molecule has 2 aliphatic carbocycles. The summed E-state index contributed by atoms with van der Waals surface area (Å²) in [6.45, 7) is 8.56. The Morgan fingerprint density at radius 1 is 1.11 bits per heavy atom. The number of likely N-dealkylation sites (tertiary alicyclic amines) is 1. The zero-order valence-electron chi connectivity index (χ0n) is 21.3. The second kappa shape index (κ2) is 8.45. The van der Waals surface area contributed by atoms with E-state index in [0.29, 0.717) is 36.8 Å². The third-order valence-corrected chi connectivity index (χ3v) is 9.58. The molecule has 2 bridgehead atoms. The normalized spacial score (nSPS) is 31.5. The number of aryl methyl sites for hydroxylation is 1. The number of aromatic nitrogens is 2. The number of piperazine rings is 1. The van der Waals surface area contributed by atoms with Crippen LogP contribution in [0.2, 0.25) is 0 Å². The van der Waals surface area contributed by atoms with Gasteiger partial charge in [-0.2, -0.15) is 9.97 Å². The van der Waals surface area contributed by atoms with Gasteiger partial charge in [-0.1, -0.05) is 24.3 Å². The number of nitrogens with zero attached hydrogens (tertiary/aromatic N) is 4. The predicted octanol–water partition coefficient (Wildman–Crippen LogP) is 3.65. The molecule has 0 saturated carbocycles. The van der Waals surface area contributed by atoms with Crippen molar-refractivity contribution in [3.8, 4) is 6.01 Å². The van der Waals surface area contributed by atoms with Crippen LogP contribution in [0.25, 0.3) is 0 Å². The van der Waals surface area contributed by atoms with E-state index in [1.807, 2.05) is 0 Å². The van der Waals surface area contributed by atoms with Crippen LogP contribution in [0.3, 0.4) is 0 Å². The van der Waals surface area contributed by atoms with Crippen LogP contribution in [-0.4, -0.2) is 65.3 Å². The lowest BCUT2D eigenvalue weighted by Crippen LogP contribution is -2.67. The summed E-state index contributed by atoms with van der Waals surface area (Å²) in [6.07, 6.45) is 9.50. The first-order valence-electron chi connectivity index (χ1n) is 14.0. The fourth-order valence-electron chi connectivity index (χ4n) is 7.78. The highest BCUT2D eigenvalue weighted by Gasteiger charge is 2.44. The van der Waals surface area contributed by atoms with Crippen LogP contribution in [0.1, 0.15) is 68.3 Å². The maximum Gasteiger partial charge on any atom is 0.318 e. The Bertz CT molecular complexity index is 1100. The lowest BCUT2D eigenvalue weighted by Gasteiger charge is -2.49. The standard InChI is InChI=1S/C29H39N5O/c1-19(2)34-13-5-7-23(34)18-35-28-31-26-15-29(11-9-20-6-3-4-8-25(20)29)12-10-24(26)27(32-28)33-16-21-14-22(17-33)30-21/h3-4,6,8,19,21-23,30H,5,7,9-18H2,1-2H3/t21?,22?,23-,29?/m0/s1. The summed E-state index contributed by atoms with van der Waals surface area (Å²) >= 11 is 0. The Morgan fingerprint density at radius 2 is 1.91 bits per heavy atom. The number of hydrogen-bond acceptors (Lipinski definition) is 6. The average Bonchev–Trinajstić information content (AvgIpc) is 3.47. The number of piperidine rings is 1. The van der Waals surface area contributed by atoms with E-state index in [1.165, 1.54) is 56.3 Å². The van der Waals surface area contributed by atoms with Crippen molar-refractivity contribution in [2.75, 3.05) is 31.1 Å². The Balaban J connectivity index is 1.20. The number of fused-ring (bicyclic) bond motifs is 5. The van der Waals surface area contributed by atoms with Crippen LogP contribution >= 0.6 is 0 Å². The molecule has 6 aliphatic rings. The number of hydrogen-bond donors (Lipinski definition) is 1. The largest absolute Gasteiger partial charge is 0.462 e. The summed E-state index contributed by atoms with van der Waals surface area (Å²) in [5.41, 5.74) is 5.97. The molecule has 1 N–H and O–H groups in total.